The lowest BCUT2D eigenvalue weighted by atomic mass is 9.80. The Hall–Kier alpha value is -2.29. The number of alkyl halides is 3. The van der Waals surface area contributed by atoms with Crippen LogP contribution in [0.1, 0.15) is 44.6 Å². The minimum Gasteiger partial charge on any atom is -0.491 e. The summed E-state index contributed by atoms with van der Waals surface area (Å²) in [5, 5.41) is 2.65. The molecule has 0 aliphatic carbocycles. The average Bonchev–Trinajstić information content (AvgIpc) is 2.75. The lowest BCUT2D eigenvalue weighted by Gasteiger charge is -2.45. The fourth-order valence-electron chi connectivity index (χ4n) is 5.27. The van der Waals surface area contributed by atoms with Crippen LogP contribution >= 0.6 is 0 Å². The lowest BCUT2D eigenvalue weighted by Crippen LogP contribution is -2.51. The topological polar surface area (TPSA) is 61.9 Å². The number of ether oxygens (including phenoxy) is 1. The van der Waals surface area contributed by atoms with E-state index in [4.69, 9.17) is 4.74 Å². The van der Waals surface area contributed by atoms with Crippen LogP contribution in [0, 0.1) is 11.8 Å². The Morgan fingerprint density at radius 2 is 1.84 bits per heavy atom. The van der Waals surface area contributed by atoms with E-state index in [1.54, 1.807) is 6.92 Å². The van der Waals surface area contributed by atoms with Crippen molar-refractivity contribution < 1.29 is 27.5 Å². The molecule has 4 rings (SSSR count). The van der Waals surface area contributed by atoms with E-state index in [-0.39, 0.29) is 35.1 Å². The molecule has 6 nitrogen and oxygen atoms in total. The van der Waals surface area contributed by atoms with Crippen LogP contribution in [0.2, 0.25) is 0 Å². The maximum atomic E-state index is 13.1. The third-order valence-corrected chi connectivity index (χ3v) is 7.12. The van der Waals surface area contributed by atoms with Gasteiger partial charge in [-0.25, -0.2) is 0 Å². The molecular weight excluding hydrogens is 423 g/mol. The highest BCUT2D eigenvalue weighted by Gasteiger charge is 2.36. The van der Waals surface area contributed by atoms with Crippen LogP contribution in [-0.2, 0) is 15.8 Å². The number of rotatable bonds is 1. The summed E-state index contributed by atoms with van der Waals surface area (Å²) in [7, 11) is 0. The highest BCUT2D eigenvalue weighted by Crippen LogP contribution is 2.37. The zero-order valence-corrected chi connectivity index (χ0v) is 18.3. The molecule has 0 unspecified atom stereocenters. The van der Waals surface area contributed by atoms with Crippen molar-refractivity contribution >= 4 is 17.5 Å². The molecule has 3 aliphatic rings. The Morgan fingerprint density at radius 3 is 2.53 bits per heavy atom. The number of nitrogens with one attached hydrogen (secondary N) is 1. The van der Waals surface area contributed by atoms with Gasteiger partial charge in [-0.1, -0.05) is 0 Å². The van der Waals surface area contributed by atoms with Gasteiger partial charge < -0.3 is 15.0 Å². The molecule has 3 heterocycles. The second-order valence-electron chi connectivity index (χ2n) is 9.14. The molecule has 2 atom stereocenters. The summed E-state index contributed by atoms with van der Waals surface area (Å²) in [6.07, 6.45) is -0.627. The number of halogens is 3. The van der Waals surface area contributed by atoms with E-state index in [1.165, 1.54) is 6.07 Å². The van der Waals surface area contributed by atoms with Crippen LogP contribution < -0.4 is 10.1 Å². The molecule has 0 radical (unpaired) electrons. The van der Waals surface area contributed by atoms with Crippen LogP contribution in [0.3, 0.4) is 0 Å². The van der Waals surface area contributed by atoms with Gasteiger partial charge in [0.2, 0.25) is 11.8 Å². The van der Waals surface area contributed by atoms with Crippen molar-refractivity contribution in [3.8, 4) is 5.75 Å². The largest absolute Gasteiger partial charge is 0.491 e. The third kappa shape index (κ3) is 5.19. The van der Waals surface area contributed by atoms with Crippen LogP contribution in [-0.4, -0.2) is 60.4 Å². The maximum Gasteiger partial charge on any atom is 0.416 e. The lowest BCUT2D eigenvalue weighted by molar-refractivity contribution is -0.137. The van der Waals surface area contributed by atoms with Crippen molar-refractivity contribution in [3.05, 3.63) is 23.8 Å². The molecule has 0 saturated carbocycles. The first kappa shape index (κ1) is 22.9. The van der Waals surface area contributed by atoms with Crippen molar-refractivity contribution in [3.63, 3.8) is 0 Å². The standard InChI is InChI=1S/C23H30F3N3O3/c1-15(30)28-9-5-19(6-10-28)29-8-4-16-12-22(31)27-20-13-18(23(24,25)26)2-3-21(20)32-11-7-17(16)14-29/h2-3,13,16-17,19H,4-12,14H2,1H3,(H,27,31)/t16-,17-/m0/s1. The van der Waals surface area contributed by atoms with Gasteiger partial charge in [0.25, 0.3) is 0 Å². The minimum atomic E-state index is -4.48. The van der Waals surface area contributed by atoms with Gasteiger partial charge in [0.1, 0.15) is 5.75 Å². The molecule has 2 fully saturated rings. The summed E-state index contributed by atoms with van der Waals surface area (Å²) >= 11 is 0. The monoisotopic (exact) mass is 453 g/mol. The number of carbonyl (C=O) groups is 2. The highest BCUT2D eigenvalue weighted by molar-refractivity contribution is 5.92. The molecule has 32 heavy (non-hydrogen) atoms. The van der Waals surface area contributed by atoms with Gasteiger partial charge in [0, 0.05) is 39.0 Å². The van der Waals surface area contributed by atoms with Crippen molar-refractivity contribution in [1.29, 1.82) is 0 Å². The quantitative estimate of drug-likeness (QED) is 0.703. The normalized spacial score (nSPS) is 25.9. The number of amides is 2. The summed E-state index contributed by atoms with van der Waals surface area (Å²) < 4.78 is 45.0. The third-order valence-electron chi connectivity index (χ3n) is 7.12. The second kappa shape index (κ2) is 9.29. The fourth-order valence-corrected chi connectivity index (χ4v) is 5.27. The van der Waals surface area contributed by atoms with Gasteiger partial charge in [-0.15, -0.1) is 0 Å². The van der Waals surface area contributed by atoms with Gasteiger partial charge in [0.15, 0.2) is 0 Å². The summed E-state index contributed by atoms with van der Waals surface area (Å²) in [6.45, 7) is 5.35. The van der Waals surface area contributed by atoms with E-state index in [0.29, 0.717) is 19.1 Å². The van der Waals surface area contributed by atoms with Crippen molar-refractivity contribution in [2.75, 3.05) is 38.1 Å². The molecule has 3 aliphatic heterocycles. The predicted molar refractivity (Wildman–Crippen MR) is 113 cm³/mol. The number of carbonyl (C=O) groups excluding carboxylic acids is 2. The molecule has 9 heteroatoms. The SMILES string of the molecule is CC(=O)N1CCC(N2CC[C@H]3CC(=O)Nc4cc(C(F)(F)F)ccc4OCC[C@H]3C2)CC1. The first-order valence-electron chi connectivity index (χ1n) is 11.3. The Labute approximate surface area is 186 Å². The van der Waals surface area contributed by atoms with Crippen molar-refractivity contribution in [2.45, 2.75) is 51.2 Å². The average molecular weight is 454 g/mol. The van der Waals surface area contributed by atoms with Crippen molar-refractivity contribution in [2.24, 2.45) is 11.8 Å². The Morgan fingerprint density at radius 1 is 1.09 bits per heavy atom. The van der Waals surface area contributed by atoms with E-state index in [0.717, 1.165) is 64.0 Å². The molecular formula is C23H30F3N3O3. The molecule has 2 saturated heterocycles. The van der Waals surface area contributed by atoms with E-state index >= 15 is 0 Å². The molecule has 1 N–H and O–H groups in total. The first-order valence-corrected chi connectivity index (χ1v) is 11.3. The molecule has 0 spiro atoms. The number of hydrogen-bond donors (Lipinski definition) is 1. The number of fused-ring (bicyclic) bond motifs is 2. The van der Waals surface area contributed by atoms with E-state index in [2.05, 4.69) is 10.2 Å². The molecule has 176 valence electrons. The van der Waals surface area contributed by atoms with Crippen LogP contribution in [0.5, 0.6) is 5.75 Å². The Balaban J connectivity index is 1.42. The Bertz CT molecular complexity index is 853. The molecule has 0 aromatic heterocycles. The minimum absolute atomic E-state index is 0.0814. The van der Waals surface area contributed by atoms with Gasteiger partial charge in [-0.3, -0.25) is 14.5 Å². The smallest absolute Gasteiger partial charge is 0.416 e. The Kier molecular flexibility index (Phi) is 6.65. The van der Waals surface area contributed by atoms with E-state index in [1.807, 2.05) is 4.90 Å². The summed E-state index contributed by atoms with van der Waals surface area (Å²) in [4.78, 5) is 28.6. The van der Waals surface area contributed by atoms with Gasteiger partial charge in [0.05, 0.1) is 17.9 Å². The predicted octanol–water partition coefficient (Wildman–Crippen LogP) is 3.77. The maximum absolute atomic E-state index is 13.1. The zero-order valence-electron chi connectivity index (χ0n) is 18.3. The first-order chi connectivity index (χ1) is 15.2. The number of nitrogens with zero attached hydrogens (tertiary/aromatic N) is 2. The number of likely N-dealkylation sites (tertiary alicyclic amines) is 2. The fraction of sp³-hybridized carbons (Fsp3) is 0.652. The van der Waals surface area contributed by atoms with E-state index in [9.17, 15) is 22.8 Å². The highest BCUT2D eigenvalue weighted by atomic mass is 19.4. The van der Waals surface area contributed by atoms with Crippen LogP contribution in [0.4, 0.5) is 18.9 Å². The molecule has 1 aromatic carbocycles. The van der Waals surface area contributed by atoms with Crippen LogP contribution in [0.25, 0.3) is 0 Å². The van der Waals surface area contributed by atoms with E-state index < -0.39 is 11.7 Å². The number of hydrogen-bond acceptors (Lipinski definition) is 4. The number of anilines is 1. The number of piperidine rings is 2. The van der Waals surface area contributed by atoms with Crippen molar-refractivity contribution in [1.82, 2.24) is 9.80 Å². The van der Waals surface area contributed by atoms with Crippen LogP contribution in [0.15, 0.2) is 18.2 Å². The van der Waals surface area contributed by atoms with Gasteiger partial charge >= 0.3 is 6.18 Å². The zero-order chi connectivity index (χ0) is 22.9. The summed E-state index contributed by atoms with van der Waals surface area (Å²) in [5.74, 6) is 0.597. The molecule has 1 aromatic rings. The molecule has 2 amide bonds. The summed E-state index contributed by atoms with van der Waals surface area (Å²) in [5.41, 5.74) is -0.725. The second-order valence-corrected chi connectivity index (χ2v) is 9.14. The summed E-state index contributed by atoms with van der Waals surface area (Å²) in [6, 6.07) is 3.66. The molecule has 0 bridgehead atoms. The number of benzene rings is 1. The van der Waals surface area contributed by atoms with Gasteiger partial charge in [-0.05, 0) is 62.3 Å². The van der Waals surface area contributed by atoms with Gasteiger partial charge in [-0.2, -0.15) is 13.2 Å².